The summed E-state index contributed by atoms with van der Waals surface area (Å²) in [7, 11) is 0. The van der Waals surface area contributed by atoms with Gasteiger partial charge in [-0.1, -0.05) is 18.2 Å². The maximum Gasteiger partial charge on any atom is 0.397 e. The maximum absolute atomic E-state index is 13.1. The van der Waals surface area contributed by atoms with Crippen LogP contribution in [0.2, 0.25) is 0 Å². The van der Waals surface area contributed by atoms with Crippen LogP contribution in [0.15, 0.2) is 30.3 Å². The number of benzene rings is 1. The Morgan fingerprint density at radius 3 is 2.17 bits per heavy atom. The van der Waals surface area contributed by atoms with Crippen molar-refractivity contribution in [3.63, 3.8) is 0 Å². The van der Waals surface area contributed by atoms with Crippen molar-refractivity contribution < 1.29 is 33.4 Å². The van der Waals surface area contributed by atoms with Crippen molar-refractivity contribution in [2.45, 2.75) is 71.9 Å². The molecule has 0 spiro atoms. The number of fused-ring (bicyclic) bond motifs is 1. The molecule has 2 aromatic rings. The van der Waals surface area contributed by atoms with Crippen molar-refractivity contribution >= 4 is 45.8 Å². The molecule has 1 atom stereocenters. The SMILES string of the molecule is CC(C)(C)OC(=O)C(=O)Nc1sc2c(c1C(=O)OC(C)(C)C)CC(C(=O)Nc1ccccc1)OC2. The standard InChI is InChI=1S/C25H30N2O7S/c1-24(2,3)33-22(30)18-15-12-16(19(28)26-14-10-8-7-9-11-14)32-13-17(15)35-21(18)27-20(29)23(31)34-25(4,5)6/h7-11,16H,12-13H2,1-6H3,(H,26,28)(H,27,29). The van der Waals surface area contributed by atoms with Gasteiger partial charge >= 0.3 is 17.8 Å². The molecule has 3 rings (SSSR count). The average Bonchev–Trinajstić information content (AvgIpc) is 3.09. The Labute approximate surface area is 208 Å². The van der Waals surface area contributed by atoms with Crippen LogP contribution in [-0.2, 0) is 41.6 Å². The van der Waals surface area contributed by atoms with Gasteiger partial charge in [0.15, 0.2) is 0 Å². The molecule has 1 aromatic heterocycles. The molecule has 188 valence electrons. The third kappa shape index (κ3) is 7.12. The van der Waals surface area contributed by atoms with Crippen molar-refractivity contribution in [2.24, 2.45) is 0 Å². The average molecular weight is 503 g/mol. The molecule has 10 heteroatoms. The van der Waals surface area contributed by atoms with Crippen molar-refractivity contribution in [3.8, 4) is 0 Å². The van der Waals surface area contributed by atoms with Crippen LogP contribution in [0.3, 0.4) is 0 Å². The van der Waals surface area contributed by atoms with Gasteiger partial charge in [-0.2, -0.15) is 0 Å². The summed E-state index contributed by atoms with van der Waals surface area (Å²) in [5.74, 6) is -3.11. The van der Waals surface area contributed by atoms with Gasteiger partial charge < -0.3 is 24.8 Å². The number of anilines is 2. The predicted octanol–water partition coefficient (Wildman–Crippen LogP) is 4.06. The normalized spacial score (nSPS) is 15.5. The molecule has 0 fully saturated rings. The van der Waals surface area contributed by atoms with E-state index in [1.807, 2.05) is 6.07 Å². The predicted molar refractivity (Wildman–Crippen MR) is 131 cm³/mol. The van der Waals surface area contributed by atoms with Crippen LogP contribution in [0.25, 0.3) is 0 Å². The van der Waals surface area contributed by atoms with E-state index in [1.165, 1.54) is 0 Å². The summed E-state index contributed by atoms with van der Waals surface area (Å²) in [4.78, 5) is 51.3. The van der Waals surface area contributed by atoms with Crippen molar-refractivity contribution in [2.75, 3.05) is 10.6 Å². The highest BCUT2D eigenvalue weighted by atomic mass is 32.1. The van der Waals surface area contributed by atoms with Crippen LogP contribution in [-0.4, -0.2) is 41.1 Å². The number of carbonyl (C=O) groups is 4. The lowest BCUT2D eigenvalue weighted by molar-refractivity contribution is -0.161. The van der Waals surface area contributed by atoms with Crippen LogP contribution in [0.5, 0.6) is 0 Å². The zero-order chi connectivity index (χ0) is 26.0. The van der Waals surface area contributed by atoms with Gasteiger partial charge in [-0.25, -0.2) is 9.59 Å². The Kier molecular flexibility index (Phi) is 7.66. The highest BCUT2D eigenvalue weighted by Gasteiger charge is 2.36. The number of ether oxygens (including phenoxy) is 3. The molecule has 2 N–H and O–H groups in total. The first-order valence-electron chi connectivity index (χ1n) is 11.1. The molecule has 1 aromatic carbocycles. The van der Waals surface area contributed by atoms with E-state index < -0.39 is 35.2 Å². The summed E-state index contributed by atoms with van der Waals surface area (Å²) in [6, 6.07) is 8.95. The molecule has 1 unspecified atom stereocenters. The van der Waals surface area contributed by atoms with Gasteiger partial charge in [-0.3, -0.25) is 9.59 Å². The zero-order valence-corrected chi connectivity index (χ0v) is 21.5. The van der Waals surface area contributed by atoms with E-state index in [-0.39, 0.29) is 29.5 Å². The second-order valence-corrected chi connectivity index (χ2v) is 11.1. The Bertz CT molecular complexity index is 1130. The van der Waals surface area contributed by atoms with Crippen LogP contribution < -0.4 is 10.6 Å². The summed E-state index contributed by atoms with van der Waals surface area (Å²) in [5, 5.41) is 5.43. The molecule has 0 saturated carbocycles. The second kappa shape index (κ2) is 10.2. The van der Waals surface area contributed by atoms with E-state index in [0.29, 0.717) is 16.1 Å². The molecule has 0 aliphatic carbocycles. The quantitative estimate of drug-likeness (QED) is 0.478. The highest BCUT2D eigenvalue weighted by Crippen LogP contribution is 2.39. The minimum Gasteiger partial charge on any atom is -0.456 e. The first-order chi connectivity index (χ1) is 16.2. The summed E-state index contributed by atoms with van der Waals surface area (Å²) < 4.78 is 16.4. The van der Waals surface area contributed by atoms with E-state index in [4.69, 9.17) is 14.2 Å². The topological polar surface area (TPSA) is 120 Å². The van der Waals surface area contributed by atoms with E-state index in [2.05, 4.69) is 10.6 Å². The molecular formula is C25H30N2O7S. The number of para-hydroxylation sites is 1. The first kappa shape index (κ1) is 26.4. The fourth-order valence-electron chi connectivity index (χ4n) is 3.29. The summed E-state index contributed by atoms with van der Waals surface area (Å²) in [6.07, 6.45) is -0.755. The van der Waals surface area contributed by atoms with Gasteiger partial charge in [0.2, 0.25) is 0 Å². The summed E-state index contributed by atoms with van der Waals surface area (Å²) >= 11 is 1.10. The number of nitrogens with one attached hydrogen (secondary N) is 2. The van der Waals surface area contributed by atoms with Crippen molar-refractivity contribution in [3.05, 3.63) is 46.3 Å². The zero-order valence-electron chi connectivity index (χ0n) is 20.6. The van der Waals surface area contributed by atoms with Gasteiger partial charge in [0.1, 0.15) is 22.3 Å². The number of hydrogen-bond acceptors (Lipinski definition) is 8. The Hall–Kier alpha value is -3.24. The number of hydrogen-bond donors (Lipinski definition) is 2. The van der Waals surface area contributed by atoms with Crippen LogP contribution in [0.1, 0.15) is 62.3 Å². The smallest absolute Gasteiger partial charge is 0.397 e. The number of thiophene rings is 1. The molecule has 9 nitrogen and oxygen atoms in total. The van der Waals surface area contributed by atoms with Crippen molar-refractivity contribution in [1.82, 2.24) is 0 Å². The van der Waals surface area contributed by atoms with Gasteiger partial charge in [-0.05, 0) is 59.2 Å². The maximum atomic E-state index is 13.1. The number of amides is 2. The summed E-state index contributed by atoms with van der Waals surface area (Å²) in [6.45, 7) is 10.2. The fourth-order valence-corrected chi connectivity index (χ4v) is 4.42. The first-order valence-corrected chi connectivity index (χ1v) is 11.9. The van der Waals surface area contributed by atoms with E-state index in [1.54, 1.807) is 65.8 Å². The van der Waals surface area contributed by atoms with Gasteiger partial charge in [0.25, 0.3) is 5.91 Å². The Morgan fingerprint density at radius 2 is 1.57 bits per heavy atom. The van der Waals surface area contributed by atoms with Gasteiger partial charge in [-0.15, -0.1) is 11.3 Å². The summed E-state index contributed by atoms with van der Waals surface area (Å²) in [5.41, 5.74) is -0.381. The van der Waals surface area contributed by atoms with E-state index in [0.717, 1.165) is 11.3 Å². The van der Waals surface area contributed by atoms with Crippen LogP contribution in [0.4, 0.5) is 10.7 Å². The Morgan fingerprint density at radius 1 is 0.943 bits per heavy atom. The lowest BCUT2D eigenvalue weighted by Crippen LogP contribution is -2.35. The molecule has 0 bridgehead atoms. The van der Waals surface area contributed by atoms with Gasteiger partial charge in [0.05, 0.1) is 12.2 Å². The molecule has 2 amide bonds. The number of carbonyl (C=O) groups excluding carboxylic acids is 4. The monoisotopic (exact) mass is 502 g/mol. The molecule has 0 radical (unpaired) electrons. The number of rotatable bonds is 4. The molecule has 0 saturated heterocycles. The molecule has 35 heavy (non-hydrogen) atoms. The molecular weight excluding hydrogens is 472 g/mol. The second-order valence-electron chi connectivity index (χ2n) is 10.0. The fraction of sp³-hybridized carbons (Fsp3) is 0.440. The third-order valence-corrected chi connectivity index (χ3v) is 5.76. The van der Waals surface area contributed by atoms with Crippen LogP contribution in [0, 0.1) is 0 Å². The van der Waals surface area contributed by atoms with E-state index >= 15 is 0 Å². The molecule has 2 heterocycles. The lowest BCUT2D eigenvalue weighted by atomic mass is 10.00. The number of esters is 2. The highest BCUT2D eigenvalue weighted by molar-refractivity contribution is 7.17. The largest absolute Gasteiger partial charge is 0.456 e. The lowest BCUT2D eigenvalue weighted by Gasteiger charge is -2.24. The minimum absolute atomic E-state index is 0.0605. The molecule has 1 aliphatic rings. The van der Waals surface area contributed by atoms with Gasteiger partial charge in [0, 0.05) is 17.0 Å². The van der Waals surface area contributed by atoms with E-state index in [9.17, 15) is 19.2 Å². The van der Waals surface area contributed by atoms with Crippen LogP contribution >= 0.6 is 11.3 Å². The Balaban J connectivity index is 1.88. The molecule has 1 aliphatic heterocycles. The third-order valence-electron chi connectivity index (χ3n) is 4.64. The minimum atomic E-state index is -1.07. The van der Waals surface area contributed by atoms with Crippen molar-refractivity contribution in [1.29, 1.82) is 0 Å².